The molecule has 48 heavy (non-hydrogen) atoms. The summed E-state index contributed by atoms with van der Waals surface area (Å²) in [5.41, 5.74) is 1.94. The van der Waals surface area contributed by atoms with Crippen molar-refractivity contribution in [3.05, 3.63) is 70.8 Å². The number of esters is 1. The minimum absolute atomic E-state index is 0.112. The Balaban J connectivity index is 1.21. The molecule has 0 aromatic heterocycles. The molecule has 0 saturated carbocycles. The van der Waals surface area contributed by atoms with Crippen molar-refractivity contribution in [2.45, 2.75) is 71.3 Å². The number of aliphatic hydroxyl groups is 1. The number of ether oxygens (including phenoxy) is 1. The Morgan fingerprint density at radius 3 is 1.56 bits per heavy atom. The SMILES string of the molecule is CCC(CC)N1C(=O)c2ccc3c4ccc5c6c(ccc(c7ccc(c2c37)C1=O)c64)C(=O)N(CCCCOC(=O)CCCCCO)C5=O. The molecule has 2 aliphatic rings. The van der Waals surface area contributed by atoms with Gasteiger partial charge in [0.05, 0.1) is 6.61 Å². The largest absolute Gasteiger partial charge is 0.466 e. The van der Waals surface area contributed by atoms with E-state index in [9.17, 15) is 24.0 Å². The lowest BCUT2D eigenvalue weighted by atomic mass is 9.82. The van der Waals surface area contributed by atoms with Crippen LogP contribution < -0.4 is 0 Å². The van der Waals surface area contributed by atoms with E-state index in [0.29, 0.717) is 78.0 Å². The second-order valence-electron chi connectivity index (χ2n) is 12.8. The topological polar surface area (TPSA) is 121 Å². The molecule has 0 unspecified atom stereocenters. The molecule has 0 bridgehead atoms. The Bertz CT molecular complexity index is 2030. The third-order valence-electron chi connectivity index (χ3n) is 10.1. The first-order valence-electron chi connectivity index (χ1n) is 17.0. The van der Waals surface area contributed by atoms with Gasteiger partial charge in [-0.3, -0.25) is 33.8 Å². The minimum Gasteiger partial charge on any atom is -0.466 e. The van der Waals surface area contributed by atoms with Crippen molar-refractivity contribution in [3.63, 3.8) is 0 Å². The smallest absolute Gasteiger partial charge is 0.305 e. The standard InChI is InChI=1S/C39H38N2O7/c1-3-22(4-2)41-38(46)29-17-13-25-23-11-15-27-34-28(16-12-24(32(23)34)26-14-18-30(39(41)47)35(29)33(25)26)37(45)40(36(27)44)19-7-9-21-48-31(43)10-6-5-8-20-42/h11-18,22,42H,3-10,19-21H2,1-2H3. The maximum Gasteiger partial charge on any atom is 0.305 e. The van der Waals surface area contributed by atoms with Gasteiger partial charge in [0.25, 0.3) is 23.6 Å². The van der Waals surface area contributed by atoms with Gasteiger partial charge in [0.2, 0.25) is 0 Å². The van der Waals surface area contributed by atoms with E-state index in [1.54, 1.807) is 12.1 Å². The van der Waals surface area contributed by atoms with Gasteiger partial charge in [0, 0.05) is 58.6 Å². The number of benzene rings is 5. The Morgan fingerprint density at radius 2 is 1.10 bits per heavy atom. The van der Waals surface area contributed by atoms with E-state index in [2.05, 4.69) is 0 Å². The van der Waals surface area contributed by atoms with Crippen LogP contribution in [-0.4, -0.2) is 70.3 Å². The van der Waals surface area contributed by atoms with E-state index in [1.807, 2.05) is 50.2 Å². The molecular weight excluding hydrogens is 608 g/mol. The molecule has 0 fully saturated rings. The van der Waals surface area contributed by atoms with Gasteiger partial charge in [-0.25, -0.2) is 0 Å². The Hall–Kier alpha value is -4.89. The van der Waals surface area contributed by atoms with Gasteiger partial charge in [-0.1, -0.05) is 44.5 Å². The van der Waals surface area contributed by atoms with Gasteiger partial charge < -0.3 is 9.84 Å². The van der Waals surface area contributed by atoms with Crippen molar-refractivity contribution in [2.75, 3.05) is 19.8 Å². The molecule has 9 nitrogen and oxygen atoms in total. The number of hydrogen-bond acceptors (Lipinski definition) is 7. The van der Waals surface area contributed by atoms with Gasteiger partial charge in [0.15, 0.2) is 0 Å². The molecule has 5 aromatic carbocycles. The third kappa shape index (κ3) is 4.82. The van der Waals surface area contributed by atoms with Crippen LogP contribution in [-0.2, 0) is 9.53 Å². The first-order chi connectivity index (χ1) is 23.3. The van der Waals surface area contributed by atoms with Crippen molar-refractivity contribution in [1.82, 2.24) is 9.80 Å². The maximum atomic E-state index is 13.8. The fraction of sp³-hybridized carbons (Fsp3) is 0.359. The number of aliphatic hydroxyl groups excluding tert-OH is 1. The number of hydrogen-bond donors (Lipinski definition) is 1. The van der Waals surface area contributed by atoms with Crippen LogP contribution in [0.2, 0.25) is 0 Å². The van der Waals surface area contributed by atoms with Crippen molar-refractivity contribution >= 4 is 72.7 Å². The second kappa shape index (κ2) is 12.6. The summed E-state index contributed by atoms with van der Waals surface area (Å²) in [6.07, 6.45) is 4.79. The molecule has 7 rings (SSSR count). The van der Waals surface area contributed by atoms with Crippen LogP contribution in [0.15, 0.2) is 48.5 Å². The summed E-state index contributed by atoms with van der Waals surface area (Å²) in [5, 5.41) is 15.2. The lowest BCUT2D eigenvalue weighted by Gasteiger charge is -2.33. The first kappa shape index (κ1) is 31.7. The van der Waals surface area contributed by atoms with Crippen LogP contribution >= 0.6 is 0 Å². The predicted molar refractivity (Wildman–Crippen MR) is 184 cm³/mol. The molecule has 0 aliphatic carbocycles. The van der Waals surface area contributed by atoms with Crippen LogP contribution in [0.3, 0.4) is 0 Å². The number of fused-ring (bicyclic) bond motifs is 2. The molecular formula is C39H38N2O7. The Kier molecular flexibility index (Phi) is 8.33. The number of carbonyl (C=O) groups is 5. The zero-order valence-electron chi connectivity index (χ0n) is 27.3. The minimum atomic E-state index is -0.356. The van der Waals surface area contributed by atoms with E-state index >= 15 is 0 Å². The number of nitrogens with zero attached hydrogens (tertiary/aromatic N) is 2. The molecule has 0 saturated heterocycles. The Labute approximate surface area is 277 Å². The fourth-order valence-electron chi connectivity index (χ4n) is 7.71. The predicted octanol–water partition coefficient (Wildman–Crippen LogP) is 6.99. The van der Waals surface area contributed by atoms with Crippen molar-refractivity contribution in [1.29, 1.82) is 0 Å². The van der Waals surface area contributed by atoms with Gasteiger partial charge in [-0.15, -0.1) is 0 Å². The summed E-state index contributed by atoms with van der Waals surface area (Å²) in [7, 11) is 0. The van der Waals surface area contributed by atoms with Crippen LogP contribution in [0.4, 0.5) is 0 Å². The number of carbonyl (C=O) groups excluding carboxylic acids is 5. The highest BCUT2D eigenvalue weighted by atomic mass is 16.5. The van der Waals surface area contributed by atoms with E-state index in [0.717, 1.165) is 38.7 Å². The summed E-state index contributed by atoms with van der Waals surface area (Å²) in [6.45, 7) is 4.51. The monoisotopic (exact) mass is 646 g/mol. The first-order valence-corrected chi connectivity index (χ1v) is 17.0. The summed E-state index contributed by atoms with van der Waals surface area (Å²) in [6, 6.07) is 14.7. The summed E-state index contributed by atoms with van der Waals surface area (Å²) >= 11 is 0. The third-order valence-corrected chi connectivity index (χ3v) is 10.1. The second-order valence-corrected chi connectivity index (χ2v) is 12.8. The van der Waals surface area contributed by atoms with E-state index in [1.165, 1.54) is 9.80 Å². The molecule has 2 heterocycles. The van der Waals surface area contributed by atoms with Gasteiger partial charge in [-0.2, -0.15) is 0 Å². The lowest BCUT2D eigenvalue weighted by Crippen LogP contribution is -2.46. The average molecular weight is 647 g/mol. The van der Waals surface area contributed by atoms with Gasteiger partial charge in [-0.05, 0) is 95.1 Å². The molecule has 0 spiro atoms. The van der Waals surface area contributed by atoms with Crippen LogP contribution in [0.5, 0.6) is 0 Å². The highest BCUT2D eigenvalue weighted by Gasteiger charge is 2.38. The lowest BCUT2D eigenvalue weighted by molar-refractivity contribution is -0.143. The molecule has 0 atom stereocenters. The molecule has 2 aliphatic heterocycles. The normalized spacial score (nSPS) is 14.6. The van der Waals surface area contributed by atoms with Crippen LogP contribution in [0.25, 0.3) is 43.1 Å². The van der Waals surface area contributed by atoms with Crippen molar-refractivity contribution in [2.24, 2.45) is 0 Å². The van der Waals surface area contributed by atoms with Crippen LogP contribution in [0.1, 0.15) is 107 Å². The molecule has 5 aromatic rings. The van der Waals surface area contributed by atoms with Crippen molar-refractivity contribution in [3.8, 4) is 0 Å². The highest BCUT2D eigenvalue weighted by molar-refractivity contribution is 6.41. The maximum absolute atomic E-state index is 13.8. The summed E-state index contributed by atoms with van der Waals surface area (Å²) < 4.78 is 5.30. The average Bonchev–Trinajstić information content (AvgIpc) is 3.10. The highest BCUT2D eigenvalue weighted by Crippen LogP contribution is 2.46. The molecule has 0 radical (unpaired) electrons. The van der Waals surface area contributed by atoms with E-state index in [-0.39, 0.29) is 55.4 Å². The Morgan fingerprint density at radius 1 is 0.625 bits per heavy atom. The van der Waals surface area contributed by atoms with E-state index in [4.69, 9.17) is 9.84 Å². The zero-order chi connectivity index (χ0) is 33.7. The quantitative estimate of drug-likeness (QED) is 0.0481. The molecule has 9 heteroatoms. The summed E-state index contributed by atoms with van der Waals surface area (Å²) in [5.74, 6) is -1.54. The van der Waals surface area contributed by atoms with Crippen molar-refractivity contribution < 1.29 is 33.8 Å². The van der Waals surface area contributed by atoms with Gasteiger partial charge >= 0.3 is 5.97 Å². The zero-order valence-corrected chi connectivity index (χ0v) is 27.3. The number of imide groups is 2. The van der Waals surface area contributed by atoms with Crippen LogP contribution in [0, 0.1) is 0 Å². The number of unbranched alkanes of at least 4 members (excludes halogenated alkanes) is 3. The summed E-state index contributed by atoms with van der Waals surface area (Å²) in [4.78, 5) is 69.8. The molecule has 1 N–H and O–H groups in total. The van der Waals surface area contributed by atoms with E-state index < -0.39 is 0 Å². The molecule has 246 valence electrons. The number of amides is 4. The molecule has 4 amide bonds. The van der Waals surface area contributed by atoms with Gasteiger partial charge in [0.1, 0.15) is 0 Å². The number of rotatable bonds is 13. The fourth-order valence-corrected chi connectivity index (χ4v) is 7.71.